The highest BCUT2D eigenvalue weighted by Gasteiger charge is 2.24. The Labute approximate surface area is 79.2 Å². The van der Waals surface area contributed by atoms with Crippen molar-refractivity contribution in [2.75, 3.05) is 6.54 Å². The molecular formula is C9H18N4. The van der Waals surface area contributed by atoms with Crippen LogP contribution in [0.2, 0.25) is 0 Å². The first kappa shape index (κ1) is 10.2. The van der Waals surface area contributed by atoms with E-state index >= 15 is 0 Å². The van der Waals surface area contributed by atoms with Gasteiger partial charge in [0.25, 0.3) is 0 Å². The van der Waals surface area contributed by atoms with E-state index in [1.165, 1.54) is 0 Å². The SMILES string of the molecule is CCn1ncnc1C(C)(C)CCN. The maximum absolute atomic E-state index is 5.55. The summed E-state index contributed by atoms with van der Waals surface area (Å²) in [5, 5.41) is 4.15. The molecule has 0 spiro atoms. The maximum Gasteiger partial charge on any atom is 0.138 e. The van der Waals surface area contributed by atoms with Gasteiger partial charge < -0.3 is 5.73 Å². The van der Waals surface area contributed by atoms with Crippen LogP contribution >= 0.6 is 0 Å². The van der Waals surface area contributed by atoms with Gasteiger partial charge in [-0.2, -0.15) is 5.10 Å². The van der Waals surface area contributed by atoms with Gasteiger partial charge in [0.1, 0.15) is 12.2 Å². The van der Waals surface area contributed by atoms with Gasteiger partial charge in [0.2, 0.25) is 0 Å². The lowest BCUT2D eigenvalue weighted by molar-refractivity contribution is 0.422. The summed E-state index contributed by atoms with van der Waals surface area (Å²) in [6, 6.07) is 0. The van der Waals surface area contributed by atoms with Crippen molar-refractivity contribution >= 4 is 0 Å². The third kappa shape index (κ3) is 2.06. The molecule has 1 aromatic rings. The number of rotatable bonds is 4. The van der Waals surface area contributed by atoms with Crippen LogP contribution in [0.25, 0.3) is 0 Å². The van der Waals surface area contributed by atoms with Gasteiger partial charge >= 0.3 is 0 Å². The minimum Gasteiger partial charge on any atom is -0.330 e. The van der Waals surface area contributed by atoms with E-state index in [1.807, 2.05) is 4.68 Å². The van der Waals surface area contributed by atoms with Crippen molar-refractivity contribution in [3.8, 4) is 0 Å². The average Bonchev–Trinajstić information content (AvgIpc) is 2.51. The van der Waals surface area contributed by atoms with Gasteiger partial charge in [-0.25, -0.2) is 9.67 Å². The summed E-state index contributed by atoms with van der Waals surface area (Å²) >= 11 is 0. The summed E-state index contributed by atoms with van der Waals surface area (Å²) in [5.74, 6) is 1.03. The molecular weight excluding hydrogens is 164 g/mol. The molecule has 74 valence electrons. The molecule has 0 saturated carbocycles. The van der Waals surface area contributed by atoms with Crippen molar-refractivity contribution < 1.29 is 0 Å². The summed E-state index contributed by atoms with van der Waals surface area (Å²) in [6.07, 6.45) is 2.54. The van der Waals surface area contributed by atoms with E-state index in [4.69, 9.17) is 5.73 Å². The first-order valence-corrected chi connectivity index (χ1v) is 4.70. The maximum atomic E-state index is 5.55. The van der Waals surface area contributed by atoms with Crippen LogP contribution in [0.3, 0.4) is 0 Å². The first-order valence-electron chi connectivity index (χ1n) is 4.70. The van der Waals surface area contributed by atoms with Crippen molar-refractivity contribution in [1.82, 2.24) is 14.8 Å². The van der Waals surface area contributed by atoms with Crippen molar-refractivity contribution in [1.29, 1.82) is 0 Å². The fraction of sp³-hybridized carbons (Fsp3) is 0.778. The van der Waals surface area contributed by atoms with Gasteiger partial charge in [0.15, 0.2) is 0 Å². The molecule has 4 heteroatoms. The fourth-order valence-electron chi connectivity index (χ4n) is 1.49. The van der Waals surface area contributed by atoms with Gasteiger partial charge in [-0.3, -0.25) is 0 Å². The zero-order chi connectivity index (χ0) is 9.90. The van der Waals surface area contributed by atoms with Crippen molar-refractivity contribution in [3.05, 3.63) is 12.2 Å². The van der Waals surface area contributed by atoms with Crippen LogP contribution < -0.4 is 5.73 Å². The second kappa shape index (κ2) is 3.87. The fourth-order valence-corrected chi connectivity index (χ4v) is 1.49. The topological polar surface area (TPSA) is 56.7 Å². The summed E-state index contributed by atoms with van der Waals surface area (Å²) in [4.78, 5) is 4.27. The Morgan fingerprint density at radius 3 is 2.77 bits per heavy atom. The molecule has 0 fully saturated rings. The van der Waals surface area contributed by atoms with Crippen LogP contribution in [-0.2, 0) is 12.0 Å². The van der Waals surface area contributed by atoms with Gasteiger partial charge in [0, 0.05) is 12.0 Å². The summed E-state index contributed by atoms with van der Waals surface area (Å²) in [7, 11) is 0. The van der Waals surface area contributed by atoms with E-state index < -0.39 is 0 Å². The van der Waals surface area contributed by atoms with Crippen LogP contribution in [0, 0.1) is 0 Å². The lowest BCUT2D eigenvalue weighted by atomic mass is 9.88. The van der Waals surface area contributed by atoms with Crippen LogP contribution in [0.4, 0.5) is 0 Å². The summed E-state index contributed by atoms with van der Waals surface area (Å²) in [6.45, 7) is 7.91. The predicted octanol–water partition coefficient (Wildman–Crippen LogP) is 0.924. The number of hydrogen-bond donors (Lipinski definition) is 1. The van der Waals surface area contributed by atoms with E-state index in [2.05, 4.69) is 30.9 Å². The minimum absolute atomic E-state index is 0.0290. The van der Waals surface area contributed by atoms with E-state index in [-0.39, 0.29) is 5.41 Å². The van der Waals surface area contributed by atoms with E-state index in [0.29, 0.717) is 6.54 Å². The van der Waals surface area contributed by atoms with Crippen molar-refractivity contribution in [2.24, 2.45) is 5.73 Å². The quantitative estimate of drug-likeness (QED) is 0.753. The molecule has 0 bridgehead atoms. The summed E-state index contributed by atoms with van der Waals surface area (Å²) in [5.41, 5.74) is 5.58. The highest BCUT2D eigenvalue weighted by atomic mass is 15.3. The van der Waals surface area contributed by atoms with Crippen LogP contribution in [0.5, 0.6) is 0 Å². The van der Waals surface area contributed by atoms with E-state index in [9.17, 15) is 0 Å². The summed E-state index contributed by atoms with van der Waals surface area (Å²) < 4.78 is 1.93. The normalized spacial score (nSPS) is 12.0. The number of nitrogens with zero attached hydrogens (tertiary/aromatic N) is 3. The predicted molar refractivity (Wildman–Crippen MR) is 52.4 cm³/mol. The van der Waals surface area contributed by atoms with Gasteiger partial charge in [-0.05, 0) is 19.9 Å². The van der Waals surface area contributed by atoms with Gasteiger partial charge in [0.05, 0.1) is 0 Å². The average molecular weight is 182 g/mol. The number of hydrogen-bond acceptors (Lipinski definition) is 3. The van der Waals surface area contributed by atoms with Crippen LogP contribution in [0.15, 0.2) is 6.33 Å². The Balaban J connectivity index is 2.91. The van der Waals surface area contributed by atoms with Crippen molar-refractivity contribution in [3.63, 3.8) is 0 Å². The standard InChI is InChI=1S/C9H18N4/c1-4-13-8(11-7-12-13)9(2,3)5-6-10/h7H,4-6,10H2,1-3H3. The van der Waals surface area contributed by atoms with E-state index in [1.54, 1.807) is 6.33 Å². The molecule has 1 heterocycles. The second-order valence-corrected chi connectivity index (χ2v) is 3.82. The van der Waals surface area contributed by atoms with Gasteiger partial charge in [-0.15, -0.1) is 0 Å². The molecule has 0 aliphatic carbocycles. The molecule has 0 aliphatic heterocycles. The van der Waals surface area contributed by atoms with Crippen molar-refractivity contribution in [2.45, 2.75) is 39.2 Å². The molecule has 4 nitrogen and oxygen atoms in total. The molecule has 0 aromatic carbocycles. The minimum atomic E-state index is 0.0290. The molecule has 0 amide bonds. The smallest absolute Gasteiger partial charge is 0.138 e. The van der Waals surface area contributed by atoms with E-state index in [0.717, 1.165) is 18.8 Å². The third-order valence-electron chi connectivity index (χ3n) is 2.29. The van der Waals surface area contributed by atoms with Gasteiger partial charge in [-0.1, -0.05) is 13.8 Å². The highest BCUT2D eigenvalue weighted by molar-refractivity contribution is 5.03. The van der Waals surface area contributed by atoms with Crippen LogP contribution in [-0.4, -0.2) is 21.3 Å². The number of aromatic nitrogens is 3. The Hall–Kier alpha value is -0.900. The molecule has 2 N–H and O–H groups in total. The zero-order valence-corrected chi connectivity index (χ0v) is 8.62. The zero-order valence-electron chi connectivity index (χ0n) is 8.62. The molecule has 1 rings (SSSR count). The third-order valence-corrected chi connectivity index (χ3v) is 2.29. The monoisotopic (exact) mass is 182 g/mol. The molecule has 13 heavy (non-hydrogen) atoms. The number of nitrogens with two attached hydrogens (primary N) is 1. The molecule has 1 aromatic heterocycles. The number of aryl methyl sites for hydroxylation is 1. The molecule has 0 saturated heterocycles. The lowest BCUT2D eigenvalue weighted by Gasteiger charge is -2.22. The lowest BCUT2D eigenvalue weighted by Crippen LogP contribution is -2.26. The largest absolute Gasteiger partial charge is 0.330 e. The Morgan fingerprint density at radius 1 is 1.54 bits per heavy atom. The first-order chi connectivity index (χ1) is 6.11. The highest BCUT2D eigenvalue weighted by Crippen LogP contribution is 2.23. The Bertz CT molecular complexity index is 264. The van der Waals surface area contributed by atoms with Crippen LogP contribution in [0.1, 0.15) is 33.0 Å². The molecule has 0 aliphatic rings. The molecule has 0 unspecified atom stereocenters. The Kier molecular flexibility index (Phi) is 3.03. The molecule has 0 atom stereocenters. The Morgan fingerprint density at radius 2 is 2.23 bits per heavy atom. The molecule has 0 radical (unpaired) electrons. The second-order valence-electron chi connectivity index (χ2n) is 3.82.